The van der Waals surface area contributed by atoms with Crippen molar-refractivity contribution in [2.24, 2.45) is 0 Å². The summed E-state index contributed by atoms with van der Waals surface area (Å²) in [5.74, 6) is 0.804. The van der Waals surface area contributed by atoms with Crippen LogP contribution in [0.15, 0.2) is 22.7 Å². The molecular formula is C13H15BrN2OS2. The summed E-state index contributed by atoms with van der Waals surface area (Å²) in [6.45, 7) is 1.99. The van der Waals surface area contributed by atoms with Gasteiger partial charge in [-0.1, -0.05) is 15.9 Å². The highest BCUT2D eigenvalue weighted by Gasteiger charge is 2.17. The molecule has 0 aliphatic heterocycles. The average Bonchev–Trinajstić information content (AvgIpc) is 2.67. The third-order valence-electron chi connectivity index (χ3n) is 2.69. The molecule has 2 aromatic rings. The van der Waals surface area contributed by atoms with Crippen molar-refractivity contribution in [1.82, 2.24) is 5.32 Å². The van der Waals surface area contributed by atoms with E-state index in [2.05, 4.69) is 21.2 Å². The molecule has 3 nitrogen and oxygen atoms in total. The lowest BCUT2D eigenvalue weighted by atomic mass is 10.2. The van der Waals surface area contributed by atoms with Crippen molar-refractivity contribution in [3.05, 3.63) is 27.5 Å². The number of rotatable bonds is 4. The Balaban J connectivity index is 2.30. The van der Waals surface area contributed by atoms with Crippen LogP contribution >= 0.6 is 39.0 Å². The molecule has 0 aliphatic rings. The van der Waals surface area contributed by atoms with Crippen LogP contribution in [0.5, 0.6) is 0 Å². The number of carbonyl (C=O) groups is 1. The summed E-state index contributed by atoms with van der Waals surface area (Å²) in [5, 5.41) is 3.90. The van der Waals surface area contributed by atoms with E-state index < -0.39 is 0 Å². The molecule has 6 heteroatoms. The number of amides is 1. The monoisotopic (exact) mass is 358 g/mol. The highest BCUT2D eigenvalue weighted by atomic mass is 79.9. The molecule has 102 valence electrons. The maximum Gasteiger partial charge on any atom is 0.263 e. The summed E-state index contributed by atoms with van der Waals surface area (Å²) in [6, 6.07) is 6.01. The van der Waals surface area contributed by atoms with E-state index in [4.69, 9.17) is 5.73 Å². The van der Waals surface area contributed by atoms with Crippen LogP contribution in [0.3, 0.4) is 0 Å². The van der Waals surface area contributed by atoms with Crippen LogP contribution < -0.4 is 11.1 Å². The van der Waals surface area contributed by atoms with E-state index in [0.717, 1.165) is 20.3 Å². The highest BCUT2D eigenvalue weighted by molar-refractivity contribution is 9.10. The maximum absolute atomic E-state index is 12.2. The van der Waals surface area contributed by atoms with Crippen LogP contribution in [0.1, 0.15) is 16.6 Å². The molecule has 19 heavy (non-hydrogen) atoms. The van der Waals surface area contributed by atoms with E-state index in [1.54, 1.807) is 11.8 Å². The van der Waals surface area contributed by atoms with Gasteiger partial charge in [-0.25, -0.2) is 0 Å². The lowest BCUT2D eigenvalue weighted by Gasteiger charge is -2.11. The maximum atomic E-state index is 12.2. The first-order chi connectivity index (χ1) is 9.02. The van der Waals surface area contributed by atoms with E-state index in [-0.39, 0.29) is 11.9 Å². The summed E-state index contributed by atoms with van der Waals surface area (Å²) in [6.07, 6.45) is 2.02. The van der Waals surface area contributed by atoms with Crippen LogP contribution in [-0.4, -0.2) is 24.0 Å². The minimum atomic E-state index is -0.0867. The molecule has 0 saturated heterocycles. The van der Waals surface area contributed by atoms with Crippen molar-refractivity contribution in [2.75, 3.05) is 17.7 Å². The Morgan fingerprint density at radius 2 is 2.32 bits per heavy atom. The predicted molar refractivity (Wildman–Crippen MR) is 89.2 cm³/mol. The quantitative estimate of drug-likeness (QED) is 0.875. The normalized spacial score (nSPS) is 12.6. The van der Waals surface area contributed by atoms with Crippen molar-refractivity contribution < 1.29 is 4.79 Å². The first-order valence-corrected chi connectivity index (χ1v) is 8.80. The zero-order valence-electron chi connectivity index (χ0n) is 10.7. The lowest BCUT2D eigenvalue weighted by Crippen LogP contribution is -2.34. The number of benzene rings is 1. The first kappa shape index (κ1) is 14.7. The number of hydrogen-bond acceptors (Lipinski definition) is 4. The molecule has 1 atom stereocenters. The van der Waals surface area contributed by atoms with E-state index in [1.165, 1.54) is 11.3 Å². The van der Waals surface area contributed by atoms with E-state index in [1.807, 2.05) is 31.4 Å². The number of carbonyl (C=O) groups excluding carboxylic acids is 1. The van der Waals surface area contributed by atoms with Crippen LogP contribution in [0.25, 0.3) is 10.1 Å². The van der Waals surface area contributed by atoms with Gasteiger partial charge in [-0.05, 0) is 31.4 Å². The Morgan fingerprint density at radius 3 is 3.00 bits per heavy atom. The Labute approximate surface area is 129 Å². The summed E-state index contributed by atoms with van der Waals surface area (Å²) >= 11 is 6.56. The van der Waals surface area contributed by atoms with Crippen molar-refractivity contribution in [2.45, 2.75) is 13.0 Å². The standard InChI is InChI=1S/C13H15BrN2OS2/c1-7(6-18-2)16-13(17)12-11(15)9-5-8(14)3-4-10(9)19-12/h3-5,7H,6,15H2,1-2H3,(H,16,17). The fourth-order valence-electron chi connectivity index (χ4n) is 1.84. The number of fused-ring (bicyclic) bond motifs is 1. The minimum Gasteiger partial charge on any atom is -0.397 e. The number of nitrogens with two attached hydrogens (primary N) is 1. The molecule has 0 radical (unpaired) electrons. The molecular weight excluding hydrogens is 344 g/mol. The molecule has 0 fully saturated rings. The number of halogens is 1. The van der Waals surface area contributed by atoms with Crippen LogP contribution in [0.4, 0.5) is 5.69 Å². The van der Waals surface area contributed by atoms with Gasteiger partial charge in [0.25, 0.3) is 5.91 Å². The Bertz CT molecular complexity index is 612. The van der Waals surface area contributed by atoms with Crippen molar-refractivity contribution >= 4 is 60.7 Å². The summed E-state index contributed by atoms with van der Waals surface area (Å²) in [7, 11) is 0. The highest BCUT2D eigenvalue weighted by Crippen LogP contribution is 2.35. The van der Waals surface area contributed by atoms with Crippen LogP contribution in [0.2, 0.25) is 0 Å². The van der Waals surface area contributed by atoms with Gasteiger partial charge < -0.3 is 11.1 Å². The molecule has 1 heterocycles. The third kappa shape index (κ3) is 3.24. The van der Waals surface area contributed by atoms with Crippen LogP contribution in [-0.2, 0) is 0 Å². The van der Waals surface area contributed by atoms with Gasteiger partial charge in [-0.15, -0.1) is 11.3 Å². The zero-order valence-corrected chi connectivity index (χ0v) is 13.9. The van der Waals surface area contributed by atoms with Gasteiger partial charge in [0.2, 0.25) is 0 Å². The molecule has 2 rings (SSSR count). The second-order valence-electron chi connectivity index (χ2n) is 4.32. The SMILES string of the molecule is CSCC(C)NC(=O)c1sc2ccc(Br)cc2c1N. The second-order valence-corrected chi connectivity index (χ2v) is 7.19. The molecule has 0 spiro atoms. The first-order valence-electron chi connectivity index (χ1n) is 5.80. The van der Waals surface area contributed by atoms with E-state index in [0.29, 0.717) is 10.6 Å². The molecule has 1 amide bonds. The van der Waals surface area contributed by atoms with Gasteiger partial charge in [0.05, 0.1) is 5.69 Å². The van der Waals surface area contributed by atoms with Crippen LogP contribution in [0, 0.1) is 0 Å². The fraction of sp³-hybridized carbons (Fsp3) is 0.308. The van der Waals surface area contributed by atoms with Gasteiger partial charge in [0, 0.05) is 26.4 Å². The minimum absolute atomic E-state index is 0.0867. The Kier molecular flexibility index (Phi) is 4.76. The largest absolute Gasteiger partial charge is 0.397 e. The number of thioether (sulfide) groups is 1. The number of nitrogen functional groups attached to an aromatic ring is 1. The summed E-state index contributed by atoms with van der Waals surface area (Å²) in [4.78, 5) is 12.8. The lowest BCUT2D eigenvalue weighted by molar-refractivity contribution is 0.0948. The fourth-order valence-corrected chi connectivity index (χ4v) is 3.79. The van der Waals surface area contributed by atoms with Gasteiger partial charge in [-0.3, -0.25) is 4.79 Å². The van der Waals surface area contributed by atoms with E-state index in [9.17, 15) is 4.79 Å². The van der Waals surface area contributed by atoms with Crippen molar-refractivity contribution in [3.63, 3.8) is 0 Å². The van der Waals surface area contributed by atoms with Gasteiger partial charge in [0.1, 0.15) is 4.88 Å². The molecule has 0 aliphatic carbocycles. The molecule has 0 bridgehead atoms. The number of anilines is 1. The zero-order chi connectivity index (χ0) is 14.0. The van der Waals surface area contributed by atoms with Gasteiger partial charge >= 0.3 is 0 Å². The smallest absolute Gasteiger partial charge is 0.263 e. The number of thiophene rings is 1. The van der Waals surface area contributed by atoms with Crippen molar-refractivity contribution in [1.29, 1.82) is 0 Å². The molecule has 0 saturated carbocycles. The van der Waals surface area contributed by atoms with Gasteiger partial charge in [0.15, 0.2) is 0 Å². The number of hydrogen-bond donors (Lipinski definition) is 2. The Hall–Kier alpha value is -0.720. The molecule has 1 aromatic heterocycles. The number of nitrogens with one attached hydrogen (secondary N) is 1. The van der Waals surface area contributed by atoms with Gasteiger partial charge in [-0.2, -0.15) is 11.8 Å². The van der Waals surface area contributed by atoms with Crippen molar-refractivity contribution in [3.8, 4) is 0 Å². The molecule has 3 N–H and O–H groups in total. The molecule has 1 unspecified atom stereocenters. The average molecular weight is 359 g/mol. The topological polar surface area (TPSA) is 55.1 Å². The molecule has 1 aromatic carbocycles. The third-order valence-corrected chi connectivity index (χ3v) is 5.20. The predicted octanol–water partition coefficient (Wildman–Crippen LogP) is 3.73. The summed E-state index contributed by atoms with van der Waals surface area (Å²) in [5.41, 5.74) is 6.65. The summed E-state index contributed by atoms with van der Waals surface area (Å²) < 4.78 is 2.00. The Morgan fingerprint density at radius 1 is 1.58 bits per heavy atom. The second kappa shape index (κ2) is 6.15. The van der Waals surface area contributed by atoms with E-state index >= 15 is 0 Å².